The van der Waals surface area contributed by atoms with E-state index in [1.807, 2.05) is 36.1 Å². The van der Waals surface area contributed by atoms with Crippen LogP contribution < -0.4 is 0 Å². The van der Waals surface area contributed by atoms with Crippen LogP contribution in [-0.2, 0) is 0 Å². The molecule has 5 rings (SSSR count). The molecule has 168 valence electrons. The Kier molecular flexibility index (Phi) is 6.16. The van der Waals surface area contributed by atoms with Crippen molar-refractivity contribution >= 4 is 56.2 Å². The standard InChI is InChI=1S/C24H21BrClN5OS/c1-13-27-12-16(22(28-13)14-5-7-17(25)18(26)10-14)24(32)31-9-3-4-21(31)23-29-19-8-6-15(33-2)11-20(19)30-23/h5-8,10-12,21H,3-4,9H2,1-2H3,(H,29,30). The summed E-state index contributed by atoms with van der Waals surface area (Å²) in [6, 6.07) is 11.6. The molecule has 3 heterocycles. The highest BCUT2D eigenvalue weighted by atomic mass is 79.9. The number of carbonyl (C=O) groups excluding carboxylic acids is 1. The number of benzene rings is 2. The molecule has 1 amide bonds. The number of hydrogen-bond donors (Lipinski definition) is 1. The number of nitrogens with one attached hydrogen (secondary N) is 1. The highest BCUT2D eigenvalue weighted by Gasteiger charge is 2.34. The molecule has 0 radical (unpaired) electrons. The van der Waals surface area contributed by atoms with Gasteiger partial charge in [0.15, 0.2) is 0 Å². The maximum absolute atomic E-state index is 13.8. The van der Waals surface area contributed by atoms with Crippen LogP contribution in [0.15, 0.2) is 52.0 Å². The van der Waals surface area contributed by atoms with Crippen LogP contribution in [0, 0.1) is 6.92 Å². The van der Waals surface area contributed by atoms with Crippen LogP contribution in [0.2, 0.25) is 5.02 Å². The molecule has 0 saturated carbocycles. The molecule has 9 heteroatoms. The molecule has 4 aromatic rings. The SMILES string of the molecule is CSc1ccc2nc(C3CCCN3C(=O)c3cnc(C)nc3-c3ccc(Br)c(Cl)c3)[nH]c2c1. The second-order valence-corrected chi connectivity index (χ2v) is 10.1. The minimum absolute atomic E-state index is 0.100. The lowest BCUT2D eigenvalue weighted by atomic mass is 10.1. The molecule has 1 unspecified atom stereocenters. The Morgan fingerprint density at radius 2 is 2.09 bits per heavy atom. The Morgan fingerprint density at radius 3 is 2.88 bits per heavy atom. The van der Waals surface area contributed by atoms with Crippen molar-refractivity contribution < 1.29 is 4.79 Å². The van der Waals surface area contributed by atoms with E-state index in [-0.39, 0.29) is 11.9 Å². The first-order valence-corrected chi connectivity index (χ1v) is 13.0. The summed E-state index contributed by atoms with van der Waals surface area (Å²) in [6.07, 6.45) is 5.44. The van der Waals surface area contributed by atoms with Gasteiger partial charge in [0, 0.05) is 27.7 Å². The second kappa shape index (κ2) is 9.08. The van der Waals surface area contributed by atoms with E-state index >= 15 is 0 Å². The summed E-state index contributed by atoms with van der Waals surface area (Å²) in [7, 11) is 0. The zero-order valence-corrected chi connectivity index (χ0v) is 21.3. The Balaban J connectivity index is 1.52. The van der Waals surface area contributed by atoms with Crippen LogP contribution in [0.1, 0.15) is 40.9 Å². The van der Waals surface area contributed by atoms with Crippen LogP contribution in [0.5, 0.6) is 0 Å². The molecule has 33 heavy (non-hydrogen) atoms. The van der Waals surface area contributed by atoms with Crippen LogP contribution in [0.4, 0.5) is 0 Å². The van der Waals surface area contributed by atoms with E-state index in [4.69, 9.17) is 16.6 Å². The Bertz CT molecular complexity index is 1370. The van der Waals surface area contributed by atoms with Crippen molar-refractivity contribution in [1.82, 2.24) is 24.8 Å². The Morgan fingerprint density at radius 1 is 1.24 bits per heavy atom. The highest BCUT2D eigenvalue weighted by molar-refractivity contribution is 9.10. The van der Waals surface area contributed by atoms with Crippen molar-refractivity contribution in [3.05, 3.63) is 69.3 Å². The van der Waals surface area contributed by atoms with Gasteiger partial charge < -0.3 is 9.88 Å². The maximum Gasteiger partial charge on any atom is 0.258 e. The normalized spacial score (nSPS) is 16.0. The summed E-state index contributed by atoms with van der Waals surface area (Å²) in [5, 5.41) is 0.563. The number of aryl methyl sites for hydroxylation is 1. The molecule has 1 saturated heterocycles. The van der Waals surface area contributed by atoms with Crippen LogP contribution in [0.3, 0.4) is 0 Å². The lowest BCUT2D eigenvalue weighted by molar-refractivity contribution is 0.0730. The van der Waals surface area contributed by atoms with Crippen molar-refractivity contribution in [3.8, 4) is 11.3 Å². The van der Waals surface area contributed by atoms with Gasteiger partial charge in [0.2, 0.25) is 0 Å². The van der Waals surface area contributed by atoms with E-state index in [0.29, 0.717) is 28.6 Å². The van der Waals surface area contributed by atoms with Crippen molar-refractivity contribution in [2.24, 2.45) is 0 Å². The summed E-state index contributed by atoms with van der Waals surface area (Å²) in [5.41, 5.74) is 3.72. The summed E-state index contributed by atoms with van der Waals surface area (Å²) < 4.78 is 0.792. The van der Waals surface area contributed by atoms with Gasteiger partial charge in [-0.2, -0.15) is 0 Å². The topological polar surface area (TPSA) is 74.8 Å². The van der Waals surface area contributed by atoms with E-state index < -0.39 is 0 Å². The smallest absolute Gasteiger partial charge is 0.258 e. The molecule has 0 spiro atoms. The van der Waals surface area contributed by atoms with E-state index in [9.17, 15) is 4.79 Å². The second-order valence-electron chi connectivity index (χ2n) is 7.97. The largest absolute Gasteiger partial charge is 0.340 e. The molecular formula is C24H21BrClN5OS. The quantitative estimate of drug-likeness (QED) is 0.300. The summed E-state index contributed by atoms with van der Waals surface area (Å²) in [4.78, 5) is 34.0. The highest BCUT2D eigenvalue weighted by Crippen LogP contribution is 2.35. The van der Waals surface area contributed by atoms with Gasteiger partial charge >= 0.3 is 0 Å². The van der Waals surface area contributed by atoms with Crippen molar-refractivity contribution in [2.75, 3.05) is 12.8 Å². The fourth-order valence-corrected chi connectivity index (χ4v) is 5.10. The number of fused-ring (bicyclic) bond motifs is 1. The van der Waals surface area contributed by atoms with Gasteiger partial charge in [-0.3, -0.25) is 4.79 Å². The van der Waals surface area contributed by atoms with Gasteiger partial charge in [-0.1, -0.05) is 17.7 Å². The molecule has 0 aliphatic carbocycles. The number of thioether (sulfide) groups is 1. The molecular weight excluding hydrogens is 522 g/mol. The third kappa shape index (κ3) is 4.27. The van der Waals surface area contributed by atoms with E-state index in [1.54, 1.807) is 18.0 Å². The van der Waals surface area contributed by atoms with Gasteiger partial charge in [0.1, 0.15) is 11.6 Å². The molecule has 0 bridgehead atoms. The first-order valence-electron chi connectivity index (χ1n) is 10.6. The number of likely N-dealkylation sites (tertiary alicyclic amines) is 1. The third-order valence-electron chi connectivity index (χ3n) is 5.87. The van der Waals surface area contributed by atoms with Gasteiger partial charge in [0.25, 0.3) is 5.91 Å². The lowest BCUT2D eigenvalue weighted by Crippen LogP contribution is -2.31. The average molecular weight is 543 g/mol. The summed E-state index contributed by atoms with van der Waals surface area (Å²) in [6.45, 7) is 2.47. The monoisotopic (exact) mass is 541 g/mol. The Hall–Kier alpha value is -2.42. The van der Waals surface area contributed by atoms with Crippen molar-refractivity contribution in [2.45, 2.75) is 30.7 Å². The van der Waals surface area contributed by atoms with Crippen molar-refractivity contribution in [1.29, 1.82) is 0 Å². The van der Waals surface area contributed by atoms with E-state index in [0.717, 1.165) is 39.7 Å². The minimum Gasteiger partial charge on any atom is -0.340 e. The number of imidazole rings is 1. The molecule has 6 nitrogen and oxygen atoms in total. The fourth-order valence-electron chi connectivity index (χ4n) is 4.23. The molecule has 1 aliphatic heterocycles. The number of hydrogen-bond acceptors (Lipinski definition) is 5. The molecule has 1 atom stereocenters. The predicted octanol–water partition coefficient (Wildman–Crippen LogP) is 6.44. The predicted molar refractivity (Wildman–Crippen MR) is 136 cm³/mol. The lowest BCUT2D eigenvalue weighted by Gasteiger charge is -2.24. The number of halogens is 2. The number of H-pyrrole nitrogens is 1. The minimum atomic E-state index is -0.120. The molecule has 2 aromatic heterocycles. The molecule has 1 fully saturated rings. The summed E-state index contributed by atoms with van der Waals surface area (Å²) >= 11 is 11.4. The molecule has 1 aliphatic rings. The molecule has 2 aromatic carbocycles. The number of amides is 1. The number of aromatic amines is 1. The fraction of sp³-hybridized carbons (Fsp3) is 0.250. The number of aromatic nitrogens is 4. The zero-order valence-electron chi connectivity index (χ0n) is 18.1. The number of carbonyl (C=O) groups is 1. The third-order valence-corrected chi connectivity index (χ3v) is 7.83. The average Bonchev–Trinajstić information content (AvgIpc) is 3.46. The molecule has 1 N–H and O–H groups in total. The number of rotatable bonds is 4. The van der Waals surface area contributed by atoms with Gasteiger partial charge in [-0.05, 0) is 72.3 Å². The van der Waals surface area contributed by atoms with Gasteiger partial charge in [-0.15, -0.1) is 11.8 Å². The Labute approximate surface area is 209 Å². The van der Waals surface area contributed by atoms with E-state index in [1.165, 1.54) is 4.90 Å². The van der Waals surface area contributed by atoms with Crippen LogP contribution >= 0.6 is 39.3 Å². The van der Waals surface area contributed by atoms with E-state index in [2.05, 4.69) is 49.3 Å². The van der Waals surface area contributed by atoms with Gasteiger partial charge in [0.05, 0.1) is 33.4 Å². The first kappa shape index (κ1) is 22.4. The number of nitrogens with zero attached hydrogens (tertiary/aromatic N) is 4. The van der Waals surface area contributed by atoms with Crippen molar-refractivity contribution in [3.63, 3.8) is 0 Å². The van der Waals surface area contributed by atoms with Crippen LogP contribution in [0.25, 0.3) is 22.3 Å². The first-order chi connectivity index (χ1) is 15.9. The van der Waals surface area contributed by atoms with Crippen LogP contribution in [-0.4, -0.2) is 43.5 Å². The van der Waals surface area contributed by atoms with Gasteiger partial charge in [-0.25, -0.2) is 15.0 Å². The zero-order chi connectivity index (χ0) is 23.1. The maximum atomic E-state index is 13.8. The summed E-state index contributed by atoms with van der Waals surface area (Å²) in [5.74, 6) is 1.31.